The first-order valence-corrected chi connectivity index (χ1v) is 6.71. The van der Waals surface area contributed by atoms with Crippen molar-refractivity contribution in [3.63, 3.8) is 0 Å². The number of benzene rings is 1. The van der Waals surface area contributed by atoms with Crippen molar-refractivity contribution in [2.24, 2.45) is 0 Å². The molecule has 0 aliphatic heterocycles. The van der Waals surface area contributed by atoms with E-state index >= 15 is 0 Å². The molecule has 0 unspecified atom stereocenters. The van der Waals surface area contributed by atoms with Gasteiger partial charge in [0, 0.05) is 6.42 Å². The minimum atomic E-state index is -0.283. The molecule has 1 heterocycles. The molecule has 0 atom stereocenters. The summed E-state index contributed by atoms with van der Waals surface area (Å²) in [6.07, 6.45) is 4.46. The highest BCUT2D eigenvalue weighted by Gasteiger charge is 2.09. The van der Waals surface area contributed by atoms with Gasteiger partial charge in [0.25, 0.3) is 0 Å². The second-order valence-corrected chi connectivity index (χ2v) is 4.45. The molecular weight excluding hydrogens is 243 g/mol. The summed E-state index contributed by atoms with van der Waals surface area (Å²) in [5.74, 6) is 0.876. The van der Waals surface area contributed by atoms with Crippen LogP contribution in [0.2, 0.25) is 0 Å². The van der Waals surface area contributed by atoms with E-state index in [0.717, 1.165) is 32.4 Å². The molecule has 102 valence electrons. The monoisotopic (exact) mass is 262 g/mol. The first kappa shape index (κ1) is 13.7. The summed E-state index contributed by atoms with van der Waals surface area (Å²) in [5, 5.41) is 3.32. The second-order valence-electron chi connectivity index (χ2n) is 4.45. The van der Waals surface area contributed by atoms with Crippen molar-refractivity contribution in [3.05, 3.63) is 42.2 Å². The van der Waals surface area contributed by atoms with Gasteiger partial charge in [-0.15, -0.1) is 0 Å². The van der Waals surface area contributed by atoms with Crippen LogP contribution in [0.3, 0.4) is 0 Å². The Bertz CT molecular complexity index is 510. The summed E-state index contributed by atoms with van der Waals surface area (Å²) in [6.45, 7) is 4.12. The molecule has 2 aromatic rings. The maximum atomic E-state index is 13.6. The molecule has 19 heavy (non-hydrogen) atoms. The molecule has 0 radical (unpaired) electrons. The van der Waals surface area contributed by atoms with Crippen LogP contribution in [-0.2, 0) is 6.42 Å². The number of oxazole rings is 1. The largest absolute Gasteiger partial charge is 0.441 e. The van der Waals surface area contributed by atoms with Gasteiger partial charge in [-0.2, -0.15) is 0 Å². The summed E-state index contributed by atoms with van der Waals surface area (Å²) in [5.41, 5.74) is 0.463. The van der Waals surface area contributed by atoms with Gasteiger partial charge < -0.3 is 9.73 Å². The van der Waals surface area contributed by atoms with E-state index in [1.54, 1.807) is 24.4 Å². The van der Waals surface area contributed by atoms with Crippen molar-refractivity contribution in [2.45, 2.75) is 26.2 Å². The van der Waals surface area contributed by atoms with Gasteiger partial charge in [0.2, 0.25) is 0 Å². The number of hydrogen-bond acceptors (Lipinski definition) is 3. The molecule has 3 nitrogen and oxygen atoms in total. The SMILES string of the molecule is CCCNCCCc1ncc(-c2ccccc2F)o1. The molecule has 0 aliphatic rings. The van der Waals surface area contributed by atoms with Crippen LogP contribution in [0, 0.1) is 5.82 Å². The topological polar surface area (TPSA) is 38.1 Å². The number of nitrogens with zero attached hydrogens (tertiary/aromatic N) is 1. The molecular formula is C15H19FN2O. The Labute approximate surface area is 112 Å². The average Bonchev–Trinajstić information content (AvgIpc) is 2.88. The molecule has 1 N–H and O–H groups in total. The van der Waals surface area contributed by atoms with Crippen LogP contribution in [-0.4, -0.2) is 18.1 Å². The summed E-state index contributed by atoms with van der Waals surface area (Å²) in [6, 6.07) is 6.57. The summed E-state index contributed by atoms with van der Waals surface area (Å²) in [4.78, 5) is 4.19. The molecule has 2 rings (SSSR count). The van der Waals surface area contributed by atoms with E-state index < -0.39 is 0 Å². The van der Waals surface area contributed by atoms with Crippen LogP contribution in [0.15, 0.2) is 34.9 Å². The van der Waals surface area contributed by atoms with Crippen LogP contribution >= 0.6 is 0 Å². The molecule has 0 saturated heterocycles. The summed E-state index contributed by atoms with van der Waals surface area (Å²) < 4.78 is 19.2. The van der Waals surface area contributed by atoms with Gasteiger partial charge in [-0.1, -0.05) is 19.1 Å². The normalized spacial score (nSPS) is 10.8. The maximum Gasteiger partial charge on any atom is 0.194 e. The highest BCUT2D eigenvalue weighted by molar-refractivity contribution is 5.56. The first-order chi connectivity index (χ1) is 9.31. The average molecular weight is 262 g/mol. The van der Waals surface area contributed by atoms with E-state index in [0.29, 0.717) is 17.2 Å². The lowest BCUT2D eigenvalue weighted by Gasteiger charge is -2.00. The maximum absolute atomic E-state index is 13.6. The van der Waals surface area contributed by atoms with Gasteiger partial charge in [0.15, 0.2) is 11.7 Å². The lowest BCUT2D eigenvalue weighted by atomic mass is 10.2. The predicted octanol–water partition coefficient (Wildman–Crippen LogP) is 3.41. The first-order valence-electron chi connectivity index (χ1n) is 6.71. The minimum Gasteiger partial charge on any atom is -0.441 e. The zero-order chi connectivity index (χ0) is 13.5. The molecule has 1 aromatic heterocycles. The second kappa shape index (κ2) is 7.04. The van der Waals surface area contributed by atoms with E-state index in [9.17, 15) is 4.39 Å². The number of aromatic nitrogens is 1. The number of hydrogen-bond donors (Lipinski definition) is 1. The van der Waals surface area contributed by atoms with Crippen LogP contribution in [0.4, 0.5) is 4.39 Å². The number of aryl methyl sites for hydroxylation is 1. The molecule has 1 aromatic carbocycles. The molecule has 0 amide bonds. The molecule has 0 bridgehead atoms. The van der Waals surface area contributed by atoms with E-state index in [1.165, 1.54) is 6.07 Å². The van der Waals surface area contributed by atoms with Gasteiger partial charge in [-0.25, -0.2) is 9.37 Å². The van der Waals surface area contributed by atoms with Crippen molar-refractivity contribution >= 4 is 0 Å². The van der Waals surface area contributed by atoms with Crippen molar-refractivity contribution in [3.8, 4) is 11.3 Å². The summed E-state index contributed by atoms with van der Waals surface area (Å²) >= 11 is 0. The fraction of sp³-hybridized carbons (Fsp3) is 0.400. The van der Waals surface area contributed by atoms with Gasteiger partial charge in [-0.05, 0) is 38.1 Å². The summed E-state index contributed by atoms with van der Waals surface area (Å²) in [7, 11) is 0. The van der Waals surface area contributed by atoms with Gasteiger partial charge >= 0.3 is 0 Å². The molecule has 0 spiro atoms. The van der Waals surface area contributed by atoms with Crippen molar-refractivity contribution in [1.82, 2.24) is 10.3 Å². The highest BCUT2D eigenvalue weighted by Crippen LogP contribution is 2.23. The van der Waals surface area contributed by atoms with E-state index in [4.69, 9.17) is 4.42 Å². The molecule has 0 aliphatic carbocycles. The van der Waals surface area contributed by atoms with Gasteiger partial charge in [0.05, 0.1) is 11.8 Å². The minimum absolute atomic E-state index is 0.283. The third-order valence-electron chi connectivity index (χ3n) is 2.86. The van der Waals surface area contributed by atoms with E-state index in [-0.39, 0.29) is 5.82 Å². The number of rotatable bonds is 7. The number of nitrogens with one attached hydrogen (secondary N) is 1. The Kier molecular flexibility index (Phi) is 5.10. The lowest BCUT2D eigenvalue weighted by Crippen LogP contribution is -2.16. The Hall–Kier alpha value is -1.68. The standard InChI is InChI=1S/C15H19FN2O/c1-2-9-17-10-5-8-15-18-11-14(19-15)12-6-3-4-7-13(12)16/h3-4,6-7,11,17H,2,5,8-10H2,1H3. The van der Waals surface area contributed by atoms with E-state index in [1.807, 2.05) is 0 Å². The van der Waals surface area contributed by atoms with Crippen molar-refractivity contribution in [2.75, 3.05) is 13.1 Å². The van der Waals surface area contributed by atoms with Crippen LogP contribution in [0.25, 0.3) is 11.3 Å². The Morgan fingerprint density at radius 1 is 1.26 bits per heavy atom. The Morgan fingerprint density at radius 2 is 2.11 bits per heavy atom. The van der Waals surface area contributed by atoms with Crippen molar-refractivity contribution < 1.29 is 8.81 Å². The van der Waals surface area contributed by atoms with Gasteiger partial charge in [-0.3, -0.25) is 0 Å². The fourth-order valence-electron chi connectivity index (χ4n) is 1.88. The van der Waals surface area contributed by atoms with Crippen LogP contribution in [0.5, 0.6) is 0 Å². The predicted molar refractivity (Wildman–Crippen MR) is 73.4 cm³/mol. The third kappa shape index (κ3) is 3.89. The van der Waals surface area contributed by atoms with Gasteiger partial charge in [0.1, 0.15) is 5.82 Å². The molecule has 4 heteroatoms. The lowest BCUT2D eigenvalue weighted by molar-refractivity contribution is 0.488. The fourth-order valence-corrected chi connectivity index (χ4v) is 1.88. The van der Waals surface area contributed by atoms with Crippen molar-refractivity contribution in [1.29, 1.82) is 0 Å². The number of halogens is 1. The smallest absolute Gasteiger partial charge is 0.194 e. The zero-order valence-corrected chi connectivity index (χ0v) is 11.2. The van der Waals surface area contributed by atoms with Crippen LogP contribution in [0.1, 0.15) is 25.7 Å². The highest BCUT2D eigenvalue weighted by atomic mass is 19.1. The van der Waals surface area contributed by atoms with E-state index in [2.05, 4.69) is 17.2 Å². The molecule has 0 fully saturated rings. The third-order valence-corrected chi connectivity index (χ3v) is 2.86. The Morgan fingerprint density at radius 3 is 2.89 bits per heavy atom. The molecule has 0 saturated carbocycles. The Balaban J connectivity index is 1.91. The zero-order valence-electron chi connectivity index (χ0n) is 11.2. The van der Waals surface area contributed by atoms with Crippen LogP contribution < -0.4 is 5.32 Å². The quantitative estimate of drug-likeness (QED) is 0.777.